The van der Waals surface area contributed by atoms with Crippen LogP contribution in [0.2, 0.25) is 0 Å². The maximum Gasteiger partial charge on any atom is 0.416 e. The van der Waals surface area contributed by atoms with Gasteiger partial charge in [0.15, 0.2) is 0 Å². The van der Waals surface area contributed by atoms with Crippen molar-refractivity contribution in [3.63, 3.8) is 0 Å². The Morgan fingerprint density at radius 1 is 0.951 bits per heavy atom. The summed E-state index contributed by atoms with van der Waals surface area (Å²) in [4.78, 5) is 27.1. The number of anilines is 1. The molecule has 1 aliphatic rings. The zero-order valence-electron chi connectivity index (χ0n) is 22.5. The second-order valence-corrected chi connectivity index (χ2v) is 10.3. The molecule has 1 heterocycles. The lowest BCUT2D eigenvalue weighted by Gasteiger charge is -2.32. The lowest BCUT2D eigenvalue weighted by molar-refractivity contribution is -0.138. The number of fused-ring (bicyclic) bond motifs is 1. The molecule has 2 amide bonds. The van der Waals surface area contributed by atoms with Crippen molar-refractivity contribution in [1.29, 1.82) is 0 Å². The van der Waals surface area contributed by atoms with Crippen LogP contribution in [0.15, 0.2) is 91.0 Å². The highest BCUT2D eigenvalue weighted by Crippen LogP contribution is 2.35. The molecule has 5 rings (SSSR count). The predicted octanol–water partition coefficient (Wildman–Crippen LogP) is 6.92. The molecule has 0 saturated heterocycles. The number of hydrogen-bond donors (Lipinski definition) is 2. The van der Waals surface area contributed by atoms with Crippen LogP contribution in [-0.2, 0) is 19.1 Å². The molecule has 4 aromatic rings. The fraction of sp³-hybridized carbons (Fsp3) is 0.212. The molecule has 0 spiro atoms. The summed E-state index contributed by atoms with van der Waals surface area (Å²) >= 11 is 0. The Morgan fingerprint density at radius 3 is 2.39 bits per heavy atom. The van der Waals surface area contributed by atoms with Gasteiger partial charge in [0, 0.05) is 29.9 Å². The second-order valence-electron chi connectivity index (χ2n) is 10.3. The van der Waals surface area contributed by atoms with E-state index in [4.69, 9.17) is 5.73 Å². The average Bonchev–Trinajstić information content (AvgIpc) is 2.97. The number of carbonyl (C=O) groups excluding carboxylic acids is 2. The Hall–Kier alpha value is -4.59. The van der Waals surface area contributed by atoms with Crippen molar-refractivity contribution in [2.75, 3.05) is 11.4 Å². The molecular weight excluding hydrogens is 527 g/mol. The van der Waals surface area contributed by atoms with Crippen LogP contribution in [0.3, 0.4) is 0 Å². The minimum Gasteiger partial charge on any atom is -0.367 e. The number of benzene rings is 4. The van der Waals surface area contributed by atoms with E-state index in [9.17, 15) is 22.8 Å². The maximum absolute atomic E-state index is 13.5. The molecule has 0 aliphatic carbocycles. The average molecular weight is 558 g/mol. The van der Waals surface area contributed by atoms with E-state index >= 15 is 0 Å². The molecule has 3 N–H and O–H groups in total. The molecule has 0 radical (unpaired) electrons. The van der Waals surface area contributed by atoms with Crippen molar-refractivity contribution in [1.82, 2.24) is 5.32 Å². The SMILES string of the molecule is C[C@H](NC(=O)c1ccc2c(c1)CCCN2Cc1ccc(-c2ccccc2C(N)=O)cc1)c1ccccc1C(F)(F)F. The monoisotopic (exact) mass is 557 g/mol. The van der Waals surface area contributed by atoms with Gasteiger partial charge in [0.1, 0.15) is 0 Å². The van der Waals surface area contributed by atoms with Gasteiger partial charge in [-0.1, -0.05) is 60.7 Å². The highest BCUT2D eigenvalue weighted by atomic mass is 19.4. The molecule has 210 valence electrons. The van der Waals surface area contributed by atoms with Crippen LogP contribution in [0.5, 0.6) is 0 Å². The first-order valence-corrected chi connectivity index (χ1v) is 13.4. The molecule has 0 saturated carbocycles. The first kappa shape index (κ1) is 28.0. The van der Waals surface area contributed by atoms with Gasteiger partial charge in [-0.3, -0.25) is 9.59 Å². The van der Waals surface area contributed by atoms with Gasteiger partial charge in [0.25, 0.3) is 5.91 Å². The van der Waals surface area contributed by atoms with Gasteiger partial charge in [-0.25, -0.2) is 0 Å². The van der Waals surface area contributed by atoms with Gasteiger partial charge in [0.05, 0.1) is 11.6 Å². The lowest BCUT2D eigenvalue weighted by atomic mass is 9.96. The summed E-state index contributed by atoms with van der Waals surface area (Å²) in [5.41, 5.74) is 10.6. The summed E-state index contributed by atoms with van der Waals surface area (Å²) in [6.07, 6.45) is -2.78. The van der Waals surface area contributed by atoms with E-state index in [-0.39, 0.29) is 5.56 Å². The van der Waals surface area contributed by atoms with Gasteiger partial charge in [-0.15, -0.1) is 0 Å². The zero-order valence-corrected chi connectivity index (χ0v) is 22.5. The molecule has 0 fully saturated rings. The van der Waals surface area contributed by atoms with Gasteiger partial charge in [0.2, 0.25) is 5.91 Å². The molecular formula is C33H30F3N3O2. The smallest absolute Gasteiger partial charge is 0.367 e. The Morgan fingerprint density at radius 2 is 1.66 bits per heavy atom. The number of rotatable bonds is 7. The second kappa shape index (κ2) is 11.5. The van der Waals surface area contributed by atoms with Crippen LogP contribution in [-0.4, -0.2) is 18.4 Å². The first-order valence-electron chi connectivity index (χ1n) is 13.4. The van der Waals surface area contributed by atoms with Crippen molar-refractivity contribution < 1.29 is 22.8 Å². The molecule has 0 aromatic heterocycles. The molecule has 5 nitrogen and oxygen atoms in total. The van der Waals surface area contributed by atoms with Crippen molar-refractivity contribution >= 4 is 17.5 Å². The number of amides is 2. The van der Waals surface area contributed by atoms with Crippen LogP contribution in [0.25, 0.3) is 11.1 Å². The predicted molar refractivity (Wildman–Crippen MR) is 154 cm³/mol. The molecule has 1 aliphatic heterocycles. The Balaban J connectivity index is 1.30. The van der Waals surface area contributed by atoms with Gasteiger partial charge in [-0.2, -0.15) is 13.2 Å². The van der Waals surface area contributed by atoms with Crippen LogP contribution < -0.4 is 16.0 Å². The number of halogens is 3. The third-order valence-electron chi connectivity index (χ3n) is 7.47. The number of alkyl halides is 3. The van der Waals surface area contributed by atoms with Crippen LogP contribution in [0.1, 0.15) is 62.4 Å². The highest BCUT2D eigenvalue weighted by Gasteiger charge is 2.34. The summed E-state index contributed by atoms with van der Waals surface area (Å²) in [5.74, 6) is -0.885. The minimum absolute atomic E-state index is 0.0293. The molecule has 0 bridgehead atoms. The first-order chi connectivity index (χ1) is 19.6. The summed E-state index contributed by atoms with van der Waals surface area (Å²) in [7, 11) is 0. The topological polar surface area (TPSA) is 75.4 Å². The minimum atomic E-state index is -4.50. The van der Waals surface area contributed by atoms with Crippen LogP contribution in [0.4, 0.5) is 18.9 Å². The maximum atomic E-state index is 13.5. The van der Waals surface area contributed by atoms with E-state index in [1.54, 1.807) is 25.1 Å². The fourth-order valence-electron chi connectivity index (χ4n) is 5.43. The zero-order chi connectivity index (χ0) is 29.1. The number of nitrogens with two attached hydrogens (primary N) is 1. The van der Waals surface area contributed by atoms with Gasteiger partial charge in [-0.05, 0) is 77.9 Å². The number of aryl methyl sites for hydroxylation is 1. The highest BCUT2D eigenvalue weighted by molar-refractivity contribution is 5.99. The van der Waals surface area contributed by atoms with E-state index < -0.39 is 29.6 Å². The number of primary amides is 1. The third kappa shape index (κ3) is 6.11. The molecule has 1 atom stereocenters. The van der Waals surface area contributed by atoms with Crippen LogP contribution >= 0.6 is 0 Å². The van der Waals surface area contributed by atoms with Crippen molar-refractivity contribution in [3.8, 4) is 11.1 Å². The Labute approximate surface area is 236 Å². The van der Waals surface area contributed by atoms with Crippen molar-refractivity contribution in [2.45, 2.75) is 38.5 Å². The van der Waals surface area contributed by atoms with Crippen LogP contribution in [0, 0.1) is 0 Å². The summed E-state index contributed by atoms with van der Waals surface area (Å²) < 4.78 is 40.4. The van der Waals surface area contributed by atoms with E-state index in [0.717, 1.165) is 53.4 Å². The quantitative estimate of drug-likeness (QED) is 0.259. The Kier molecular flexibility index (Phi) is 7.83. The van der Waals surface area contributed by atoms with E-state index in [1.807, 2.05) is 48.5 Å². The number of hydrogen-bond acceptors (Lipinski definition) is 3. The fourth-order valence-corrected chi connectivity index (χ4v) is 5.43. The van der Waals surface area contributed by atoms with E-state index in [0.29, 0.717) is 17.7 Å². The standard InChI is InChI=1S/C33H30F3N3O2/c1-21(26-8-4-5-11-29(26)33(34,35)36)38-32(41)25-16-17-30-24(19-25)7-6-18-39(30)20-22-12-14-23(15-13-22)27-9-2-3-10-28(27)31(37)40/h2-5,8-17,19,21H,6-7,18,20H2,1H3,(H2,37,40)(H,38,41)/t21-/m0/s1. The Bertz CT molecular complexity index is 1580. The van der Waals surface area contributed by atoms with E-state index in [1.165, 1.54) is 18.2 Å². The molecule has 4 aromatic carbocycles. The summed E-state index contributed by atoms with van der Waals surface area (Å²) in [5, 5.41) is 2.73. The summed E-state index contributed by atoms with van der Waals surface area (Å²) in [6.45, 7) is 3.08. The number of nitrogens with zero attached hydrogens (tertiary/aromatic N) is 1. The summed E-state index contributed by atoms with van der Waals surface area (Å²) in [6, 6.07) is 25.2. The normalized spacial score (nSPS) is 13.8. The number of nitrogens with one attached hydrogen (secondary N) is 1. The van der Waals surface area contributed by atoms with Crippen molar-refractivity contribution in [3.05, 3.63) is 124 Å². The lowest BCUT2D eigenvalue weighted by Crippen LogP contribution is -2.30. The van der Waals surface area contributed by atoms with Crippen molar-refractivity contribution in [2.24, 2.45) is 5.73 Å². The molecule has 8 heteroatoms. The number of carbonyl (C=O) groups is 2. The largest absolute Gasteiger partial charge is 0.416 e. The molecule has 0 unspecified atom stereocenters. The van der Waals surface area contributed by atoms with E-state index in [2.05, 4.69) is 10.2 Å². The molecule has 41 heavy (non-hydrogen) atoms. The van der Waals surface area contributed by atoms with Gasteiger partial charge < -0.3 is 16.0 Å². The third-order valence-corrected chi connectivity index (χ3v) is 7.47. The van der Waals surface area contributed by atoms with Gasteiger partial charge >= 0.3 is 6.18 Å².